The van der Waals surface area contributed by atoms with Gasteiger partial charge in [0, 0.05) is 4.47 Å². The topological polar surface area (TPSA) is 98.5 Å². The van der Waals surface area contributed by atoms with E-state index in [1.807, 2.05) is 0 Å². The van der Waals surface area contributed by atoms with Crippen LogP contribution in [0, 0.1) is 5.82 Å². The van der Waals surface area contributed by atoms with Gasteiger partial charge in [-0.25, -0.2) is 12.8 Å². The number of rotatable bonds is 5. The summed E-state index contributed by atoms with van der Waals surface area (Å²) >= 11 is 2.90. The highest BCUT2D eigenvalue weighted by Gasteiger charge is 2.18. The van der Waals surface area contributed by atoms with E-state index in [2.05, 4.69) is 20.8 Å². The van der Waals surface area contributed by atoms with E-state index < -0.39 is 28.4 Å². The standard InChI is InChI=1S/C8H8BrFN2O4S/c9-6-3-5(10)1-2-7(6)17(14,15)12-16-4-8(11)13/h1-3,12H,4H2,(H2,11,13). The lowest BCUT2D eigenvalue weighted by molar-refractivity contribution is -0.123. The molecule has 6 nitrogen and oxygen atoms in total. The molecule has 0 aliphatic carbocycles. The van der Waals surface area contributed by atoms with Crippen LogP contribution in [-0.2, 0) is 19.7 Å². The molecule has 0 fully saturated rings. The van der Waals surface area contributed by atoms with Crippen LogP contribution in [0.15, 0.2) is 27.6 Å². The van der Waals surface area contributed by atoms with E-state index in [9.17, 15) is 17.6 Å². The molecule has 0 bridgehead atoms. The summed E-state index contributed by atoms with van der Waals surface area (Å²) in [6, 6.07) is 3.02. The second-order valence-electron chi connectivity index (χ2n) is 2.92. The molecule has 0 radical (unpaired) electrons. The van der Waals surface area contributed by atoms with Crippen molar-refractivity contribution in [2.75, 3.05) is 6.61 Å². The first kappa shape index (κ1) is 14.0. The number of nitrogens with two attached hydrogens (primary N) is 1. The Hall–Kier alpha value is -1.03. The van der Waals surface area contributed by atoms with Gasteiger partial charge >= 0.3 is 0 Å². The van der Waals surface area contributed by atoms with Crippen LogP contribution in [-0.4, -0.2) is 20.9 Å². The van der Waals surface area contributed by atoms with Gasteiger partial charge in [-0.3, -0.25) is 9.63 Å². The van der Waals surface area contributed by atoms with Gasteiger partial charge < -0.3 is 5.73 Å². The van der Waals surface area contributed by atoms with E-state index >= 15 is 0 Å². The molecular weight excluding hydrogens is 319 g/mol. The Morgan fingerprint density at radius 3 is 2.71 bits per heavy atom. The summed E-state index contributed by atoms with van der Waals surface area (Å²) in [6.07, 6.45) is 0. The van der Waals surface area contributed by atoms with E-state index in [0.717, 1.165) is 18.2 Å². The molecule has 0 aliphatic heterocycles. The minimum absolute atomic E-state index is 0.0349. The van der Waals surface area contributed by atoms with Crippen LogP contribution >= 0.6 is 15.9 Å². The summed E-state index contributed by atoms with van der Waals surface area (Å²) in [5, 5.41) is 0. The number of hydrogen-bond donors (Lipinski definition) is 2. The lowest BCUT2D eigenvalue weighted by Crippen LogP contribution is -2.29. The fourth-order valence-corrected chi connectivity index (χ4v) is 2.77. The molecule has 0 unspecified atom stereocenters. The highest BCUT2D eigenvalue weighted by atomic mass is 79.9. The molecule has 1 aromatic carbocycles. The number of carbonyl (C=O) groups is 1. The first-order chi connectivity index (χ1) is 7.83. The zero-order valence-electron chi connectivity index (χ0n) is 8.31. The molecule has 9 heteroatoms. The Bertz CT molecular complexity index is 534. The predicted molar refractivity (Wildman–Crippen MR) is 59.6 cm³/mol. The van der Waals surface area contributed by atoms with Crippen LogP contribution in [0.1, 0.15) is 0 Å². The monoisotopic (exact) mass is 326 g/mol. The largest absolute Gasteiger partial charge is 0.368 e. The van der Waals surface area contributed by atoms with E-state index in [1.165, 1.54) is 0 Å². The molecule has 0 saturated heterocycles. The third kappa shape index (κ3) is 4.04. The van der Waals surface area contributed by atoms with Crippen molar-refractivity contribution in [3.8, 4) is 0 Å². The van der Waals surface area contributed by atoms with Gasteiger partial charge in [0.05, 0.1) is 4.90 Å². The van der Waals surface area contributed by atoms with Crippen molar-refractivity contribution >= 4 is 31.9 Å². The first-order valence-corrected chi connectivity index (χ1v) is 6.47. The zero-order chi connectivity index (χ0) is 13.1. The summed E-state index contributed by atoms with van der Waals surface area (Å²) in [4.78, 5) is 16.2. The fourth-order valence-electron chi connectivity index (χ4n) is 0.916. The Kier molecular flexibility index (Phi) is 4.57. The average Bonchev–Trinajstić information content (AvgIpc) is 2.15. The number of carbonyl (C=O) groups excluding carboxylic acids is 1. The number of hydrogen-bond acceptors (Lipinski definition) is 4. The normalized spacial score (nSPS) is 11.4. The molecule has 1 amide bonds. The summed E-state index contributed by atoms with van der Waals surface area (Å²) in [5.74, 6) is -1.42. The maximum absolute atomic E-state index is 12.8. The molecule has 0 heterocycles. The molecule has 0 saturated carbocycles. The Morgan fingerprint density at radius 1 is 1.53 bits per heavy atom. The van der Waals surface area contributed by atoms with Gasteiger partial charge in [0.15, 0.2) is 0 Å². The van der Waals surface area contributed by atoms with Crippen molar-refractivity contribution in [3.63, 3.8) is 0 Å². The van der Waals surface area contributed by atoms with Gasteiger partial charge in [0.2, 0.25) is 5.91 Å². The van der Waals surface area contributed by atoms with Crippen molar-refractivity contribution in [2.24, 2.45) is 5.73 Å². The lowest BCUT2D eigenvalue weighted by atomic mass is 10.3. The van der Waals surface area contributed by atoms with Crippen molar-refractivity contribution < 1.29 is 22.4 Å². The summed E-state index contributed by atoms with van der Waals surface area (Å²) in [6.45, 7) is -0.599. The Balaban J connectivity index is 2.86. The van der Waals surface area contributed by atoms with Crippen LogP contribution in [0.2, 0.25) is 0 Å². The highest BCUT2D eigenvalue weighted by Crippen LogP contribution is 2.22. The third-order valence-electron chi connectivity index (χ3n) is 1.57. The van der Waals surface area contributed by atoms with E-state index in [0.29, 0.717) is 0 Å². The van der Waals surface area contributed by atoms with Crippen molar-refractivity contribution in [2.45, 2.75) is 4.90 Å². The van der Waals surface area contributed by atoms with Crippen molar-refractivity contribution in [1.82, 2.24) is 4.89 Å². The van der Waals surface area contributed by atoms with Gasteiger partial charge in [-0.1, -0.05) is 4.89 Å². The van der Waals surface area contributed by atoms with Crippen molar-refractivity contribution in [1.29, 1.82) is 0 Å². The van der Waals surface area contributed by atoms with Gasteiger partial charge in [0.25, 0.3) is 10.0 Å². The number of amides is 1. The van der Waals surface area contributed by atoms with Crippen LogP contribution in [0.5, 0.6) is 0 Å². The van der Waals surface area contributed by atoms with Crippen LogP contribution < -0.4 is 10.6 Å². The quantitative estimate of drug-likeness (QED) is 0.759. The zero-order valence-corrected chi connectivity index (χ0v) is 10.7. The molecule has 94 valence electrons. The summed E-state index contributed by atoms with van der Waals surface area (Å²) in [5.41, 5.74) is 4.75. The van der Waals surface area contributed by atoms with Gasteiger partial charge in [-0.15, -0.1) is 0 Å². The third-order valence-corrected chi connectivity index (χ3v) is 3.76. The molecule has 17 heavy (non-hydrogen) atoms. The van der Waals surface area contributed by atoms with E-state index in [4.69, 9.17) is 5.73 Å². The Morgan fingerprint density at radius 2 is 2.18 bits per heavy atom. The summed E-state index contributed by atoms with van der Waals surface area (Å²) in [7, 11) is -4.00. The fraction of sp³-hybridized carbons (Fsp3) is 0.125. The van der Waals surface area contributed by atoms with Crippen LogP contribution in [0.4, 0.5) is 4.39 Å². The molecule has 0 aliphatic rings. The number of primary amides is 1. The lowest BCUT2D eigenvalue weighted by Gasteiger charge is -2.07. The molecule has 0 aromatic heterocycles. The predicted octanol–water partition coefficient (Wildman–Crippen LogP) is 0.283. The van der Waals surface area contributed by atoms with E-state index in [1.54, 1.807) is 4.89 Å². The molecule has 3 N–H and O–H groups in total. The first-order valence-electron chi connectivity index (χ1n) is 4.20. The molecular formula is C8H8BrFN2O4S. The van der Waals surface area contributed by atoms with Gasteiger partial charge in [-0.2, -0.15) is 0 Å². The smallest absolute Gasteiger partial charge is 0.263 e. The maximum Gasteiger partial charge on any atom is 0.263 e. The van der Waals surface area contributed by atoms with Crippen LogP contribution in [0.25, 0.3) is 0 Å². The van der Waals surface area contributed by atoms with Gasteiger partial charge in [0.1, 0.15) is 12.4 Å². The number of sulfonamides is 1. The molecule has 0 spiro atoms. The molecule has 0 atom stereocenters. The molecule has 1 rings (SSSR count). The number of benzene rings is 1. The highest BCUT2D eigenvalue weighted by molar-refractivity contribution is 9.10. The van der Waals surface area contributed by atoms with Crippen molar-refractivity contribution in [3.05, 3.63) is 28.5 Å². The average molecular weight is 327 g/mol. The molecule has 1 aromatic rings. The Labute approximate surface area is 105 Å². The maximum atomic E-state index is 12.8. The number of nitrogens with one attached hydrogen (secondary N) is 1. The van der Waals surface area contributed by atoms with E-state index in [-0.39, 0.29) is 9.37 Å². The number of halogens is 2. The van der Waals surface area contributed by atoms with Gasteiger partial charge in [-0.05, 0) is 34.1 Å². The summed E-state index contributed by atoms with van der Waals surface area (Å²) < 4.78 is 36.0. The second-order valence-corrected chi connectivity index (χ2v) is 5.38. The SMILES string of the molecule is NC(=O)CONS(=O)(=O)c1ccc(F)cc1Br. The minimum Gasteiger partial charge on any atom is -0.368 e. The minimum atomic E-state index is -4.00. The second kappa shape index (κ2) is 5.54. The van der Waals surface area contributed by atoms with Crippen LogP contribution in [0.3, 0.4) is 0 Å².